The molecular formula is C10H20FN5. The van der Waals surface area contributed by atoms with Crippen molar-refractivity contribution < 1.29 is 4.39 Å². The van der Waals surface area contributed by atoms with Crippen molar-refractivity contribution in [3.05, 3.63) is 10.4 Å². The Labute approximate surface area is 95.8 Å². The number of halogens is 1. The van der Waals surface area contributed by atoms with Crippen LogP contribution in [0.5, 0.6) is 0 Å². The molecule has 0 aromatic carbocycles. The molecule has 0 bridgehead atoms. The maximum atomic E-state index is 12.0. The highest BCUT2D eigenvalue weighted by Gasteiger charge is 2.15. The van der Waals surface area contributed by atoms with Crippen LogP contribution in [0.4, 0.5) is 4.39 Å². The maximum absolute atomic E-state index is 12.0. The molecule has 5 nitrogen and oxygen atoms in total. The molecule has 0 N–H and O–H groups in total. The zero-order valence-electron chi connectivity index (χ0n) is 9.69. The number of hydrogen-bond acceptors (Lipinski definition) is 3. The van der Waals surface area contributed by atoms with E-state index in [1.165, 1.54) is 0 Å². The highest BCUT2D eigenvalue weighted by atomic mass is 18.2. The molecule has 0 spiro atoms. The minimum absolute atomic E-state index is 0.216. The van der Waals surface area contributed by atoms with E-state index in [2.05, 4.69) is 19.8 Å². The molecule has 0 saturated carbocycles. The Morgan fingerprint density at radius 2 is 1.62 bits per heavy atom. The Morgan fingerprint density at radius 1 is 1.06 bits per heavy atom. The summed E-state index contributed by atoms with van der Waals surface area (Å²) in [5, 5.41) is 3.51. The minimum atomic E-state index is -0.216. The number of azide groups is 1. The van der Waals surface area contributed by atoms with Crippen LogP contribution in [0.2, 0.25) is 0 Å². The monoisotopic (exact) mass is 228 g/mol. The van der Waals surface area contributed by atoms with E-state index >= 15 is 0 Å². The van der Waals surface area contributed by atoms with Gasteiger partial charge in [-0.3, -0.25) is 4.39 Å². The molecule has 16 heavy (non-hydrogen) atoms. The molecule has 1 saturated heterocycles. The first-order valence-corrected chi connectivity index (χ1v) is 5.88. The van der Waals surface area contributed by atoms with Gasteiger partial charge < -0.3 is 9.80 Å². The Morgan fingerprint density at radius 3 is 2.12 bits per heavy atom. The van der Waals surface area contributed by atoms with E-state index in [4.69, 9.17) is 5.53 Å². The molecule has 0 unspecified atom stereocenters. The Balaban J connectivity index is 2.05. The highest BCUT2D eigenvalue weighted by molar-refractivity contribution is 4.71. The van der Waals surface area contributed by atoms with E-state index in [-0.39, 0.29) is 6.67 Å². The zero-order valence-corrected chi connectivity index (χ0v) is 9.69. The van der Waals surface area contributed by atoms with Gasteiger partial charge in [0.2, 0.25) is 0 Å². The Kier molecular flexibility index (Phi) is 6.88. The summed E-state index contributed by atoms with van der Waals surface area (Å²) < 4.78 is 12.0. The fourth-order valence-electron chi connectivity index (χ4n) is 1.93. The third-order valence-electron chi connectivity index (χ3n) is 2.87. The van der Waals surface area contributed by atoms with Gasteiger partial charge in [-0.05, 0) is 24.9 Å². The quantitative estimate of drug-likeness (QED) is 0.288. The summed E-state index contributed by atoms with van der Waals surface area (Å²) in [6.45, 7) is 6.39. The van der Waals surface area contributed by atoms with Gasteiger partial charge in [-0.1, -0.05) is 5.11 Å². The van der Waals surface area contributed by atoms with E-state index in [0.717, 1.165) is 45.7 Å². The van der Waals surface area contributed by atoms with Gasteiger partial charge in [0.1, 0.15) is 0 Å². The molecule has 1 aliphatic rings. The second-order valence-electron chi connectivity index (χ2n) is 4.03. The van der Waals surface area contributed by atoms with Crippen molar-refractivity contribution in [1.82, 2.24) is 9.80 Å². The molecule has 1 rings (SSSR count). The lowest BCUT2D eigenvalue weighted by molar-refractivity contribution is 0.129. The first-order chi connectivity index (χ1) is 7.86. The predicted octanol–water partition coefficient (Wildman–Crippen LogP) is 1.66. The molecule has 0 aromatic heterocycles. The van der Waals surface area contributed by atoms with Crippen LogP contribution < -0.4 is 0 Å². The average molecular weight is 228 g/mol. The van der Waals surface area contributed by atoms with Gasteiger partial charge in [-0.15, -0.1) is 0 Å². The highest BCUT2D eigenvalue weighted by Crippen LogP contribution is 2.03. The van der Waals surface area contributed by atoms with Crippen molar-refractivity contribution in [3.8, 4) is 0 Å². The number of piperazine rings is 1. The summed E-state index contributed by atoms with van der Waals surface area (Å²) in [6, 6.07) is 0. The van der Waals surface area contributed by atoms with Gasteiger partial charge in [0.05, 0.1) is 6.67 Å². The lowest BCUT2D eigenvalue weighted by Crippen LogP contribution is -2.46. The third kappa shape index (κ3) is 5.30. The Hall–Kier alpha value is -0.840. The van der Waals surface area contributed by atoms with Crippen molar-refractivity contribution in [1.29, 1.82) is 0 Å². The van der Waals surface area contributed by atoms with Gasteiger partial charge in [0.25, 0.3) is 0 Å². The number of hydrogen-bond donors (Lipinski definition) is 0. The largest absolute Gasteiger partial charge is 0.301 e. The topological polar surface area (TPSA) is 55.2 Å². The van der Waals surface area contributed by atoms with Crippen LogP contribution in [0, 0.1) is 0 Å². The van der Waals surface area contributed by atoms with Crippen LogP contribution in [0.25, 0.3) is 10.4 Å². The standard InChI is InChI=1S/C10H20FN5/c11-3-1-5-15-7-9-16(10-8-15)6-2-4-13-14-12/h1-10H2/i11-1. The van der Waals surface area contributed by atoms with Gasteiger partial charge in [0, 0.05) is 44.2 Å². The maximum Gasteiger partial charge on any atom is 0.0906 e. The summed E-state index contributed by atoms with van der Waals surface area (Å²) in [5.41, 5.74) is 8.13. The Bertz CT molecular complexity index is 221. The molecule has 1 heterocycles. The van der Waals surface area contributed by atoms with E-state index in [1.807, 2.05) is 0 Å². The summed E-state index contributed by atoms with van der Waals surface area (Å²) in [5.74, 6) is 0. The van der Waals surface area contributed by atoms with Gasteiger partial charge in [0.15, 0.2) is 0 Å². The molecule has 6 heteroatoms. The average Bonchev–Trinajstić information content (AvgIpc) is 2.33. The van der Waals surface area contributed by atoms with E-state index in [0.29, 0.717) is 13.0 Å². The van der Waals surface area contributed by atoms with E-state index in [9.17, 15) is 4.39 Å². The van der Waals surface area contributed by atoms with E-state index < -0.39 is 0 Å². The summed E-state index contributed by atoms with van der Waals surface area (Å²) in [7, 11) is 0. The molecule has 1 aliphatic heterocycles. The summed E-state index contributed by atoms with van der Waals surface area (Å²) in [4.78, 5) is 7.41. The fraction of sp³-hybridized carbons (Fsp3) is 1.00. The van der Waals surface area contributed by atoms with Crippen LogP contribution in [0.3, 0.4) is 0 Å². The van der Waals surface area contributed by atoms with E-state index in [1.54, 1.807) is 0 Å². The second kappa shape index (κ2) is 8.33. The first-order valence-electron chi connectivity index (χ1n) is 5.88. The SMILES string of the molecule is [N-]=[N+]=NCCCN1CCN(CCC[18F])CC1. The first kappa shape index (κ1) is 13.2. The minimum Gasteiger partial charge on any atom is -0.301 e. The molecule has 0 radical (unpaired) electrons. The molecular weight excluding hydrogens is 208 g/mol. The molecule has 0 atom stereocenters. The fourth-order valence-corrected chi connectivity index (χ4v) is 1.93. The normalized spacial score (nSPS) is 18.3. The van der Waals surface area contributed by atoms with Crippen molar-refractivity contribution >= 4 is 0 Å². The van der Waals surface area contributed by atoms with Gasteiger partial charge in [-0.25, -0.2) is 0 Å². The van der Waals surface area contributed by atoms with Gasteiger partial charge >= 0.3 is 0 Å². The lowest BCUT2D eigenvalue weighted by atomic mass is 10.2. The summed E-state index contributed by atoms with van der Waals surface area (Å²) >= 11 is 0. The molecule has 1 fully saturated rings. The van der Waals surface area contributed by atoms with Crippen LogP contribution in [-0.4, -0.2) is 62.3 Å². The number of nitrogens with zero attached hydrogens (tertiary/aromatic N) is 5. The molecule has 0 amide bonds. The third-order valence-corrected chi connectivity index (χ3v) is 2.87. The van der Waals surface area contributed by atoms with Gasteiger partial charge in [-0.2, -0.15) is 0 Å². The zero-order chi connectivity index (χ0) is 11.6. The summed E-state index contributed by atoms with van der Waals surface area (Å²) in [6.07, 6.45) is 1.57. The lowest BCUT2D eigenvalue weighted by Gasteiger charge is -2.34. The van der Waals surface area contributed by atoms with Crippen molar-refractivity contribution in [2.24, 2.45) is 5.11 Å². The van der Waals surface area contributed by atoms with Crippen molar-refractivity contribution in [2.75, 3.05) is 52.5 Å². The van der Waals surface area contributed by atoms with Crippen molar-refractivity contribution in [2.45, 2.75) is 12.8 Å². The molecule has 0 aliphatic carbocycles. The van der Waals surface area contributed by atoms with Crippen LogP contribution in [0.15, 0.2) is 5.11 Å². The van der Waals surface area contributed by atoms with Crippen molar-refractivity contribution in [3.63, 3.8) is 0 Å². The predicted molar refractivity (Wildman–Crippen MR) is 62.1 cm³/mol. The number of alkyl halides is 1. The van der Waals surface area contributed by atoms with Crippen LogP contribution >= 0.6 is 0 Å². The molecule has 92 valence electrons. The van der Waals surface area contributed by atoms with Crippen LogP contribution in [0.1, 0.15) is 12.8 Å². The molecule has 0 aromatic rings. The smallest absolute Gasteiger partial charge is 0.0906 e. The second-order valence-corrected chi connectivity index (χ2v) is 4.03. The van der Waals surface area contributed by atoms with Crippen LogP contribution in [-0.2, 0) is 0 Å². The number of rotatable bonds is 7.